The Morgan fingerprint density at radius 3 is 3.04 bits per heavy atom. The van der Waals surface area contributed by atoms with Gasteiger partial charge in [-0.2, -0.15) is 0 Å². The number of aryl methyl sites for hydroxylation is 1. The third-order valence-electron chi connectivity index (χ3n) is 5.10. The van der Waals surface area contributed by atoms with Crippen LogP contribution < -0.4 is 5.32 Å². The van der Waals surface area contributed by atoms with Crippen LogP contribution in [-0.2, 0) is 4.79 Å². The van der Waals surface area contributed by atoms with Gasteiger partial charge < -0.3 is 15.5 Å². The number of pyridine rings is 1. The number of nitrogens with one attached hydrogen (secondary N) is 1. The van der Waals surface area contributed by atoms with Gasteiger partial charge in [-0.1, -0.05) is 11.6 Å². The minimum absolute atomic E-state index is 0.00806. The minimum Gasteiger partial charge on any atom is -0.481 e. The number of hydrogen-bond acceptors (Lipinski definition) is 4. The van der Waals surface area contributed by atoms with Gasteiger partial charge in [-0.3, -0.25) is 9.78 Å². The van der Waals surface area contributed by atoms with E-state index in [1.165, 1.54) is 0 Å². The molecule has 6 heteroatoms. The Bertz CT molecular complexity index is 775. The summed E-state index contributed by atoms with van der Waals surface area (Å²) in [7, 11) is 0. The molecule has 2 heterocycles. The number of nitrogens with zero attached hydrogens (tertiary/aromatic N) is 1. The van der Waals surface area contributed by atoms with E-state index in [4.69, 9.17) is 0 Å². The van der Waals surface area contributed by atoms with Gasteiger partial charge in [0.15, 0.2) is 0 Å². The van der Waals surface area contributed by atoms with Crippen LogP contribution in [0.3, 0.4) is 0 Å². The predicted molar refractivity (Wildman–Crippen MR) is 92.7 cm³/mol. The number of aromatic nitrogens is 1. The molecule has 0 bridgehead atoms. The fourth-order valence-electron chi connectivity index (χ4n) is 3.70. The van der Waals surface area contributed by atoms with E-state index in [2.05, 4.69) is 10.3 Å². The first-order valence-corrected chi connectivity index (χ1v) is 8.63. The summed E-state index contributed by atoms with van der Waals surface area (Å²) in [6, 6.07) is 5.54. The molecule has 5 nitrogen and oxygen atoms in total. The molecule has 0 aliphatic carbocycles. The summed E-state index contributed by atoms with van der Waals surface area (Å²) in [6.07, 6.45) is 1.80. The fraction of sp³-hybridized carbons (Fsp3) is 0.474. The van der Waals surface area contributed by atoms with Gasteiger partial charge in [-0.05, 0) is 50.8 Å². The maximum Gasteiger partial charge on any atom is 0.308 e. The summed E-state index contributed by atoms with van der Waals surface area (Å²) >= 11 is 0. The van der Waals surface area contributed by atoms with Crippen molar-refractivity contribution in [1.82, 2.24) is 10.3 Å². The van der Waals surface area contributed by atoms with Crippen molar-refractivity contribution in [3.05, 3.63) is 41.3 Å². The second-order valence-electron chi connectivity index (χ2n) is 6.83. The first-order valence-electron chi connectivity index (χ1n) is 8.63. The fourth-order valence-corrected chi connectivity index (χ4v) is 3.70. The molecule has 0 amide bonds. The molecule has 2 aromatic rings. The number of aliphatic carboxylic acids is 1. The van der Waals surface area contributed by atoms with Crippen LogP contribution in [0.4, 0.5) is 4.39 Å². The molecule has 1 unspecified atom stereocenters. The van der Waals surface area contributed by atoms with E-state index in [1.54, 1.807) is 0 Å². The van der Waals surface area contributed by atoms with Crippen molar-refractivity contribution in [2.24, 2.45) is 11.8 Å². The zero-order chi connectivity index (χ0) is 18.0. The highest BCUT2D eigenvalue weighted by Crippen LogP contribution is 2.32. The van der Waals surface area contributed by atoms with Gasteiger partial charge in [-0.25, -0.2) is 4.39 Å². The predicted octanol–water partition coefficient (Wildman–Crippen LogP) is 2.81. The largest absolute Gasteiger partial charge is 0.481 e. The summed E-state index contributed by atoms with van der Waals surface area (Å²) < 4.78 is 14.3. The molecule has 134 valence electrons. The van der Waals surface area contributed by atoms with E-state index in [1.807, 2.05) is 25.1 Å². The van der Waals surface area contributed by atoms with Crippen LogP contribution in [-0.4, -0.2) is 34.3 Å². The minimum atomic E-state index is -0.975. The number of halogens is 1. The average molecular weight is 346 g/mol. The van der Waals surface area contributed by atoms with Crippen molar-refractivity contribution in [3.63, 3.8) is 0 Å². The lowest BCUT2D eigenvalue weighted by atomic mass is 9.82. The molecule has 1 aromatic carbocycles. The van der Waals surface area contributed by atoms with Crippen molar-refractivity contribution in [1.29, 1.82) is 0 Å². The van der Waals surface area contributed by atoms with E-state index < -0.39 is 23.8 Å². The van der Waals surface area contributed by atoms with E-state index >= 15 is 0 Å². The number of rotatable bonds is 5. The first-order chi connectivity index (χ1) is 12.0. The molecular weight excluding hydrogens is 323 g/mol. The molecule has 1 aliphatic rings. The number of aliphatic hydroxyl groups is 1. The molecule has 0 spiro atoms. The number of carbonyl (C=O) groups is 1. The molecule has 1 fully saturated rings. The maximum atomic E-state index is 14.3. The van der Waals surface area contributed by atoms with E-state index in [9.17, 15) is 19.4 Å². The van der Waals surface area contributed by atoms with Crippen molar-refractivity contribution in [2.75, 3.05) is 13.1 Å². The molecule has 3 atom stereocenters. The number of hydrogen-bond donors (Lipinski definition) is 3. The van der Waals surface area contributed by atoms with Crippen LogP contribution in [0.15, 0.2) is 24.4 Å². The van der Waals surface area contributed by atoms with Gasteiger partial charge in [0, 0.05) is 17.5 Å². The van der Waals surface area contributed by atoms with Gasteiger partial charge in [0.1, 0.15) is 5.82 Å². The summed E-state index contributed by atoms with van der Waals surface area (Å²) in [4.78, 5) is 15.5. The van der Waals surface area contributed by atoms with Crippen molar-refractivity contribution >= 4 is 16.9 Å². The summed E-state index contributed by atoms with van der Waals surface area (Å²) in [5.74, 6) is -1.80. The highest BCUT2D eigenvalue weighted by molar-refractivity contribution is 5.83. The Balaban J connectivity index is 1.80. The third kappa shape index (κ3) is 3.80. The quantitative estimate of drug-likeness (QED) is 0.775. The average Bonchev–Trinajstić information content (AvgIpc) is 2.59. The monoisotopic (exact) mass is 346 g/mol. The first kappa shape index (κ1) is 17.8. The third-order valence-corrected chi connectivity index (χ3v) is 5.10. The SMILES string of the molecule is Cc1ccc2ncc(F)c(C(O)CC[C@@H]3CCNC[C@@H]3C(=O)O)c2c1. The maximum absolute atomic E-state index is 14.3. The van der Waals surface area contributed by atoms with Crippen LogP contribution in [0, 0.1) is 24.6 Å². The van der Waals surface area contributed by atoms with Crippen molar-refractivity contribution in [3.8, 4) is 0 Å². The number of fused-ring (bicyclic) bond motifs is 1. The van der Waals surface area contributed by atoms with E-state index in [-0.39, 0.29) is 11.5 Å². The Morgan fingerprint density at radius 1 is 1.48 bits per heavy atom. The zero-order valence-corrected chi connectivity index (χ0v) is 14.2. The molecule has 3 N–H and O–H groups in total. The topological polar surface area (TPSA) is 82.5 Å². The standard InChI is InChI=1S/C19H23FN2O3/c1-11-2-4-16-13(8-11)18(15(20)10-22-16)17(23)5-3-12-6-7-21-9-14(12)19(24)25/h2,4,8,10,12,14,17,21,23H,3,5-7,9H2,1H3,(H,24,25)/t12-,14+,17?/m1/s1. The van der Waals surface area contributed by atoms with Gasteiger partial charge in [0.05, 0.1) is 23.7 Å². The van der Waals surface area contributed by atoms with Gasteiger partial charge >= 0.3 is 5.97 Å². The van der Waals surface area contributed by atoms with Crippen LogP contribution >= 0.6 is 0 Å². The molecular formula is C19H23FN2O3. The van der Waals surface area contributed by atoms with Crippen LogP contribution in [0.25, 0.3) is 10.9 Å². The van der Waals surface area contributed by atoms with E-state index in [0.29, 0.717) is 30.3 Å². The Kier molecular flexibility index (Phi) is 5.30. The summed E-state index contributed by atoms with van der Waals surface area (Å²) in [5, 5.41) is 23.7. The highest BCUT2D eigenvalue weighted by Gasteiger charge is 2.31. The van der Waals surface area contributed by atoms with Gasteiger partial charge in [-0.15, -0.1) is 0 Å². The molecule has 0 radical (unpaired) electrons. The zero-order valence-electron chi connectivity index (χ0n) is 14.2. The normalized spacial score (nSPS) is 22.0. The molecule has 1 saturated heterocycles. The van der Waals surface area contributed by atoms with Crippen molar-refractivity contribution in [2.45, 2.75) is 32.3 Å². The number of benzene rings is 1. The lowest BCUT2D eigenvalue weighted by Gasteiger charge is -2.30. The Morgan fingerprint density at radius 2 is 2.28 bits per heavy atom. The summed E-state index contributed by atoms with van der Waals surface area (Å²) in [6.45, 7) is 3.13. The smallest absolute Gasteiger partial charge is 0.308 e. The number of carboxylic acid groups (broad SMARTS) is 1. The highest BCUT2D eigenvalue weighted by atomic mass is 19.1. The second-order valence-corrected chi connectivity index (χ2v) is 6.83. The Hall–Kier alpha value is -2.05. The van der Waals surface area contributed by atoms with Crippen molar-refractivity contribution < 1.29 is 19.4 Å². The molecule has 1 aliphatic heterocycles. The van der Waals surface area contributed by atoms with Crippen LogP contribution in [0.1, 0.15) is 36.5 Å². The van der Waals surface area contributed by atoms with E-state index in [0.717, 1.165) is 24.7 Å². The molecule has 25 heavy (non-hydrogen) atoms. The molecule has 1 aromatic heterocycles. The van der Waals surface area contributed by atoms with Gasteiger partial charge in [0.2, 0.25) is 0 Å². The number of aliphatic hydroxyl groups excluding tert-OH is 1. The second kappa shape index (κ2) is 7.45. The van der Waals surface area contributed by atoms with Crippen LogP contribution in [0.2, 0.25) is 0 Å². The Labute approximate surface area is 145 Å². The van der Waals surface area contributed by atoms with Gasteiger partial charge in [0.25, 0.3) is 0 Å². The lowest BCUT2D eigenvalue weighted by Crippen LogP contribution is -2.40. The molecule has 0 saturated carbocycles. The molecule has 3 rings (SSSR count). The van der Waals surface area contributed by atoms with Crippen LogP contribution in [0.5, 0.6) is 0 Å². The number of piperidine rings is 1. The summed E-state index contributed by atoms with van der Waals surface area (Å²) in [5.41, 5.74) is 1.87. The number of carboxylic acids is 1. The lowest BCUT2D eigenvalue weighted by molar-refractivity contribution is -0.144.